The normalized spacial score (nSPS) is 22.5. The predicted molar refractivity (Wildman–Crippen MR) is 135 cm³/mol. The monoisotopic (exact) mass is 564 g/mol. The van der Waals surface area contributed by atoms with Gasteiger partial charge in [0.2, 0.25) is 23.5 Å². The number of aromatic hydroxyl groups is 2. The quantitative estimate of drug-likeness (QED) is 0.238. The molecule has 0 aliphatic carbocycles. The van der Waals surface area contributed by atoms with Crippen molar-refractivity contribution in [2.45, 2.75) is 37.6 Å². The van der Waals surface area contributed by atoms with Crippen LogP contribution < -0.4 is 24.4 Å². The van der Waals surface area contributed by atoms with Gasteiger partial charge in [-0.15, -0.1) is 0 Å². The molecule has 0 spiro atoms. The Morgan fingerprint density at radius 2 is 1.62 bits per heavy atom. The minimum absolute atomic E-state index is 0.0155. The molecule has 2 heterocycles. The van der Waals surface area contributed by atoms with Crippen LogP contribution in [0.1, 0.15) is 6.92 Å². The Morgan fingerprint density at radius 1 is 0.925 bits per heavy atom. The van der Waals surface area contributed by atoms with Crippen LogP contribution in [0, 0.1) is 0 Å². The van der Waals surface area contributed by atoms with Crippen molar-refractivity contribution in [1.29, 1.82) is 0 Å². The Balaban J connectivity index is 1.85. The third-order valence-corrected chi connectivity index (χ3v) is 6.24. The van der Waals surface area contributed by atoms with E-state index in [2.05, 4.69) is 0 Å². The lowest BCUT2D eigenvalue weighted by molar-refractivity contribution is -0.278. The lowest BCUT2D eigenvalue weighted by atomic mass is 9.99. The van der Waals surface area contributed by atoms with Gasteiger partial charge in [-0.2, -0.15) is 0 Å². The van der Waals surface area contributed by atoms with Gasteiger partial charge in [-0.1, -0.05) is 0 Å². The number of aliphatic hydroxyl groups excluding tert-OH is 3. The molecule has 2 aromatic carbocycles. The number of esters is 1. The molecule has 1 fully saturated rings. The lowest BCUT2D eigenvalue weighted by Gasteiger charge is -2.40. The van der Waals surface area contributed by atoms with Crippen molar-refractivity contribution in [3.8, 4) is 45.8 Å². The van der Waals surface area contributed by atoms with Crippen LogP contribution in [0.5, 0.6) is 34.5 Å². The molecule has 1 saturated heterocycles. The van der Waals surface area contributed by atoms with E-state index in [1.807, 2.05) is 0 Å². The highest BCUT2D eigenvalue weighted by Crippen LogP contribution is 2.50. The van der Waals surface area contributed by atoms with Gasteiger partial charge in [0.15, 0.2) is 28.3 Å². The number of benzene rings is 2. The SMILES string of the molecule is COc1ccc(-c2cc(=O)c3c(O[C@@H]4OC(COC(C)=O)[C@@H](O)[C@H](O)C4O)c(OC)c(O)c(OC)c3o2)cc1O. The molecule has 1 aromatic heterocycles. The summed E-state index contributed by atoms with van der Waals surface area (Å²) in [6.07, 6.45) is -8.34. The zero-order chi connectivity index (χ0) is 29.3. The van der Waals surface area contributed by atoms with E-state index in [-0.39, 0.29) is 45.3 Å². The summed E-state index contributed by atoms with van der Waals surface area (Å²) in [6, 6.07) is 5.38. The van der Waals surface area contributed by atoms with Gasteiger partial charge in [0.25, 0.3) is 0 Å². The van der Waals surface area contributed by atoms with Crippen LogP contribution in [0.15, 0.2) is 33.5 Å². The van der Waals surface area contributed by atoms with Crippen LogP contribution >= 0.6 is 0 Å². The second-order valence-corrected chi connectivity index (χ2v) is 8.75. The molecule has 0 bridgehead atoms. The summed E-state index contributed by atoms with van der Waals surface area (Å²) < 4.78 is 37.7. The molecule has 40 heavy (non-hydrogen) atoms. The molecule has 4 rings (SSSR count). The molecule has 0 radical (unpaired) electrons. The van der Waals surface area contributed by atoms with Crippen molar-refractivity contribution in [2.75, 3.05) is 27.9 Å². The summed E-state index contributed by atoms with van der Waals surface area (Å²) in [4.78, 5) is 24.7. The highest BCUT2D eigenvalue weighted by atomic mass is 16.7. The second kappa shape index (κ2) is 11.5. The van der Waals surface area contributed by atoms with Gasteiger partial charge in [-0.3, -0.25) is 9.59 Å². The van der Waals surface area contributed by atoms with E-state index in [0.717, 1.165) is 13.0 Å². The maximum Gasteiger partial charge on any atom is 0.302 e. The number of carbonyl (C=O) groups excluding carboxylic acids is 1. The van der Waals surface area contributed by atoms with Gasteiger partial charge in [0, 0.05) is 18.6 Å². The van der Waals surface area contributed by atoms with E-state index < -0.39 is 60.2 Å². The van der Waals surface area contributed by atoms with Gasteiger partial charge in [0.05, 0.1) is 21.3 Å². The molecule has 0 amide bonds. The Labute approximate surface area is 226 Å². The first-order valence-electron chi connectivity index (χ1n) is 11.8. The van der Waals surface area contributed by atoms with Crippen LogP contribution in [0.2, 0.25) is 0 Å². The number of ether oxygens (including phenoxy) is 6. The number of fused-ring (bicyclic) bond motifs is 1. The molecule has 0 saturated carbocycles. The lowest BCUT2D eigenvalue weighted by Crippen LogP contribution is -2.60. The van der Waals surface area contributed by atoms with Gasteiger partial charge in [-0.05, 0) is 18.2 Å². The zero-order valence-corrected chi connectivity index (χ0v) is 21.8. The van der Waals surface area contributed by atoms with Crippen molar-refractivity contribution in [3.05, 3.63) is 34.5 Å². The first kappa shape index (κ1) is 28.8. The third-order valence-electron chi connectivity index (χ3n) is 6.24. The fraction of sp³-hybridized carbons (Fsp3) is 0.385. The largest absolute Gasteiger partial charge is 0.504 e. The van der Waals surface area contributed by atoms with E-state index in [4.69, 9.17) is 32.8 Å². The van der Waals surface area contributed by atoms with Crippen molar-refractivity contribution >= 4 is 16.9 Å². The number of hydrogen-bond donors (Lipinski definition) is 5. The number of phenols is 2. The summed E-state index contributed by atoms with van der Waals surface area (Å²) >= 11 is 0. The minimum atomic E-state index is -1.85. The molecule has 14 nitrogen and oxygen atoms in total. The molecule has 1 aliphatic rings. The van der Waals surface area contributed by atoms with Gasteiger partial charge in [-0.25, -0.2) is 0 Å². The van der Waals surface area contributed by atoms with Gasteiger partial charge in [0.1, 0.15) is 42.2 Å². The molecule has 2 unspecified atom stereocenters. The van der Waals surface area contributed by atoms with Crippen molar-refractivity contribution in [2.24, 2.45) is 0 Å². The topological polar surface area (TPSA) is 204 Å². The van der Waals surface area contributed by atoms with E-state index in [9.17, 15) is 35.1 Å². The minimum Gasteiger partial charge on any atom is -0.504 e. The summed E-state index contributed by atoms with van der Waals surface area (Å²) in [5.41, 5.74) is -0.704. The first-order valence-corrected chi connectivity index (χ1v) is 11.8. The van der Waals surface area contributed by atoms with Crippen LogP contribution in [-0.2, 0) is 14.3 Å². The van der Waals surface area contributed by atoms with Crippen LogP contribution in [-0.4, -0.2) is 90.1 Å². The van der Waals surface area contributed by atoms with Crippen molar-refractivity contribution in [3.63, 3.8) is 0 Å². The molecular formula is C26H28O14. The van der Waals surface area contributed by atoms with Crippen LogP contribution in [0.3, 0.4) is 0 Å². The predicted octanol–water partition coefficient (Wildman–Crippen LogP) is 0.646. The van der Waals surface area contributed by atoms with E-state index >= 15 is 0 Å². The second-order valence-electron chi connectivity index (χ2n) is 8.75. The number of phenolic OH excluding ortho intramolecular Hbond substituents is 2. The number of hydrogen-bond acceptors (Lipinski definition) is 14. The Bertz CT molecular complexity index is 1460. The fourth-order valence-electron chi connectivity index (χ4n) is 4.24. The average Bonchev–Trinajstić information content (AvgIpc) is 2.92. The standard InChI is InChI=1S/C26H28O14/c1-10(27)37-9-16-18(30)19(31)20(32)26(39-16)40-23-17-13(29)8-15(11-5-6-14(34-2)12(28)7-11)38-22(17)24(35-3)21(33)25(23)36-4/h5-8,16,18-20,26,28,30-33H,9H2,1-4H3/t16?,18-,19+,20?,26+/m1/s1. The fourth-order valence-corrected chi connectivity index (χ4v) is 4.24. The molecule has 5 atom stereocenters. The highest BCUT2D eigenvalue weighted by Gasteiger charge is 2.46. The Hall–Kier alpha value is -4.24. The van der Waals surface area contributed by atoms with Gasteiger partial charge >= 0.3 is 5.97 Å². The molecule has 3 aromatic rings. The highest BCUT2D eigenvalue weighted by molar-refractivity contribution is 5.95. The maximum absolute atomic E-state index is 13.5. The molecule has 1 aliphatic heterocycles. The third kappa shape index (κ3) is 5.16. The summed E-state index contributed by atoms with van der Waals surface area (Å²) in [5, 5.41) is 52.0. The van der Waals surface area contributed by atoms with Crippen molar-refractivity contribution in [1.82, 2.24) is 0 Å². The van der Waals surface area contributed by atoms with Gasteiger partial charge < -0.3 is 58.4 Å². The summed E-state index contributed by atoms with van der Waals surface area (Å²) in [5.74, 6) is -2.47. The number of methoxy groups -OCH3 is 3. The summed E-state index contributed by atoms with van der Waals surface area (Å²) in [6.45, 7) is 0.651. The molecular weight excluding hydrogens is 536 g/mol. The Kier molecular flexibility index (Phi) is 8.25. The smallest absolute Gasteiger partial charge is 0.302 e. The number of carbonyl (C=O) groups is 1. The number of aliphatic hydroxyl groups is 3. The molecule has 14 heteroatoms. The summed E-state index contributed by atoms with van der Waals surface area (Å²) in [7, 11) is 3.76. The maximum atomic E-state index is 13.5. The zero-order valence-electron chi connectivity index (χ0n) is 21.8. The van der Waals surface area contributed by atoms with Crippen LogP contribution in [0.4, 0.5) is 0 Å². The Morgan fingerprint density at radius 3 is 2.23 bits per heavy atom. The van der Waals surface area contributed by atoms with E-state index in [0.29, 0.717) is 0 Å². The van der Waals surface area contributed by atoms with Crippen LogP contribution in [0.25, 0.3) is 22.3 Å². The molecule has 5 N–H and O–H groups in total. The van der Waals surface area contributed by atoms with Crippen molar-refractivity contribution < 1.29 is 63.2 Å². The number of rotatable bonds is 8. The van der Waals surface area contributed by atoms with E-state index in [1.54, 1.807) is 0 Å². The first-order chi connectivity index (χ1) is 19.0. The average molecular weight is 564 g/mol. The van der Waals surface area contributed by atoms with E-state index in [1.165, 1.54) is 39.5 Å². The molecule has 216 valence electrons.